The third kappa shape index (κ3) is 4.97. The summed E-state index contributed by atoms with van der Waals surface area (Å²) in [7, 11) is -3.18. The van der Waals surface area contributed by atoms with Crippen molar-refractivity contribution in [3.63, 3.8) is 0 Å². The van der Waals surface area contributed by atoms with Crippen LogP contribution in [0.5, 0.6) is 0 Å². The first-order chi connectivity index (χ1) is 14.8. The van der Waals surface area contributed by atoms with Gasteiger partial charge in [-0.25, -0.2) is 12.7 Å². The van der Waals surface area contributed by atoms with Crippen molar-refractivity contribution >= 4 is 33.5 Å². The smallest absolute Gasteiger partial charge is 0.281 e. The van der Waals surface area contributed by atoms with Gasteiger partial charge in [-0.1, -0.05) is 0 Å². The van der Waals surface area contributed by atoms with Crippen LogP contribution in [0.3, 0.4) is 0 Å². The van der Waals surface area contributed by atoms with E-state index in [9.17, 15) is 13.2 Å². The highest BCUT2D eigenvalue weighted by Crippen LogP contribution is 2.20. The molecule has 0 atom stereocenters. The fraction of sp³-hybridized carbons (Fsp3) is 0.526. The number of piperidine rings is 1. The molecule has 2 aromatic rings. The van der Waals surface area contributed by atoms with Crippen LogP contribution in [0.2, 0.25) is 0 Å². The first kappa shape index (κ1) is 21.5. The number of nitrogens with zero attached hydrogens (tertiary/aromatic N) is 5. The van der Waals surface area contributed by atoms with Crippen LogP contribution in [-0.4, -0.2) is 85.1 Å². The number of ether oxygens (including phenoxy) is 1. The second kappa shape index (κ2) is 8.81. The summed E-state index contributed by atoms with van der Waals surface area (Å²) >= 11 is 0. The first-order valence-electron chi connectivity index (χ1n) is 10.2. The van der Waals surface area contributed by atoms with Gasteiger partial charge >= 0.3 is 0 Å². The summed E-state index contributed by atoms with van der Waals surface area (Å²) in [6.45, 7) is 3.89. The van der Waals surface area contributed by atoms with Crippen LogP contribution < -0.4 is 16.0 Å². The topological polar surface area (TPSA) is 136 Å². The van der Waals surface area contributed by atoms with Gasteiger partial charge in [-0.2, -0.15) is 9.67 Å². The standard InChI is InChI=1S/C19H27N7O4S/c1-31(28,29)25-8-6-15(7-9-25)21-19-22-18(20)26(23-19)17(27)14-2-4-16(5-3-14)24-10-12-30-13-11-24/h2-5,15H,6-13H2,1H3,(H3,20,21,22,23). The highest BCUT2D eigenvalue weighted by atomic mass is 32.2. The first-order valence-corrected chi connectivity index (χ1v) is 12.1. The Bertz CT molecular complexity index is 1020. The second-order valence-electron chi connectivity index (χ2n) is 7.74. The van der Waals surface area contributed by atoms with Crippen LogP contribution in [0.15, 0.2) is 24.3 Å². The summed E-state index contributed by atoms with van der Waals surface area (Å²) in [6.07, 6.45) is 2.46. The molecule has 1 aromatic heterocycles. The predicted octanol–water partition coefficient (Wildman–Crippen LogP) is 0.221. The van der Waals surface area contributed by atoms with Gasteiger partial charge in [0.1, 0.15) is 0 Å². The van der Waals surface area contributed by atoms with E-state index in [0.717, 1.165) is 23.5 Å². The van der Waals surface area contributed by atoms with E-state index in [2.05, 4.69) is 20.3 Å². The molecule has 168 valence electrons. The molecule has 0 aliphatic carbocycles. The largest absolute Gasteiger partial charge is 0.378 e. The molecule has 0 spiro atoms. The zero-order chi connectivity index (χ0) is 22.0. The SMILES string of the molecule is CS(=O)(=O)N1CCC(Nc2nc(N)n(C(=O)c3ccc(N4CCOCC4)cc3)n2)CC1. The average molecular weight is 450 g/mol. The Morgan fingerprint density at radius 2 is 1.77 bits per heavy atom. The third-order valence-corrected chi connectivity index (χ3v) is 6.87. The van der Waals surface area contributed by atoms with E-state index in [4.69, 9.17) is 10.5 Å². The summed E-state index contributed by atoms with van der Waals surface area (Å²) < 4.78 is 31.2. The molecule has 0 unspecified atom stereocenters. The lowest BCUT2D eigenvalue weighted by Crippen LogP contribution is -2.42. The van der Waals surface area contributed by atoms with Crippen LogP contribution in [0, 0.1) is 0 Å². The van der Waals surface area contributed by atoms with Gasteiger partial charge in [0.15, 0.2) is 0 Å². The number of sulfonamides is 1. The molecular weight excluding hydrogens is 422 g/mol. The molecule has 0 bridgehead atoms. The molecule has 2 fully saturated rings. The van der Waals surface area contributed by atoms with Crippen molar-refractivity contribution in [1.82, 2.24) is 19.1 Å². The predicted molar refractivity (Wildman–Crippen MR) is 117 cm³/mol. The van der Waals surface area contributed by atoms with Gasteiger partial charge < -0.3 is 20.7 Å². The molecule has 4 rings (SSSR count). The van der Waals surface area contributed by atoms with E-state index in [1.54, 1.807) is 12.1 Å². The Morgan fingerprint density at radius 3 is 2.39 bits per heavy atom. The summed E-state index contributed by atoms with van der Waals surface area (Å²) in [5.41, 5.74) is 7.43. The number of rotatable bonds is 5. The van der Waals surface area contributed by atoms with Crippen LogP contribution in [0.1, 0.15) is 23.2 Å². The fourth-order valence-electron chi connectivity index (χ4n) is 3.81. The normalized spacial score (nSPS) is 18.8. The highest BCUT2D eigenvalue weighted by molar-refractivity contribution is 7.88. The van der Waals surface area contributed by atoms with Crippen LogP contribution >= 0.6 is 0 Å². The molecule has 0 radical (unpaired) electrons. The molecule has 2 aliphatic rings. The Balaban J connectivity index is 1.40. The van der Waals surface area contributed by atoms with E-state index in [-0.39, 0.29) is 23.8 Å². The van der Waals surface area contributed by atoms with E-state index >= 15 is 0 Å². The minimum absolute atomic E-state index is 0.00155. The third-order valence-electron chi connectivity index (χ3n) is 5.57. The number of nitrogens with one attached hydrogen (secondary N) is 1. The van der Waals surface area contributed by atoms with Gasteiger partial charge in [0, 0.05) is 43.5 Å². The number of morpholine rings is 1. The van der Waals surface area contributed by atoms with Gasteiger partial charge in [-0.3, -0.25) is 4.79 Å². The fourth-order valence-corrected chi connectivity index (χ4v) is 4.68. The highest BCUT2D eigenvalue weighted by Gasteiger charge is 2.26. The molecule has 0 saturated carbocycles. The molecule has 2 saturated heterocycles. The molecule has 31 heavy (non-hydrogen) atoms. The minimum atomic E-state index is -3.18. The zero-order valence-electron chi connectivity index (χ0n) is 17.4. The Hall–Kier alpha value is -2.70. The number of carbonyl (C=O) groups excluding carboxylic acids is 1. The summed E-state index contributed by atoms with van der Waals surface area (Å²) in [6, 6.07) is 7.32. The lowest BCUT2D eigenvalue weighted by molar-refractivity contribution is 0.0948. The summed E-state index contributed by atoms with van der Waals surface area (Å²) in [4.78, 5) is 19.2. The maximum Gasteiger partial charge on any atom is 0.281 e. The van der Waals surface area contributed by atoms with E-state index in [1.807, 2.05) is 12.1 Å². The lowest BCUT2D eigenvalue weighted by atomic mass is 10.1. The maximum absolute atomic E-state index is 12.9. The quantitative estimate of drug-likeness (QED) is 0.657. The van der Waals surface area contributed by atoms with Crippen molar-refractivity contribution in [2.45, 2.75) is 18.9 Å². The van der Waals surface area contributed by atoms with Crippen molar-refractivity contribution in [2.24, 2.45) is 0 Å². The van der Waals surface area contributed by atoms with Crippen molar-refractivity contribution in [1.29, 1.82) is 0 Å². The molecular formula is C19H27N7O4S. The Morgan fingerprint density at radius 1 is 1.13 bits per heavy atom. The van der Waals surface area contributed by atoms with Gasteiger partial charge in [0.2, 0.25) is 21.9 Å². The van der Waals surface area contributed by atoms with Gasteiger partial charge in [0.25, 0.3) is 5.91 Å². The minimum Gasteiger partial charge on any atom is -0.378 e. The number of aromatic nitrogens is 3. The van der Waals surface area contributed by atoms with Crippen molar-refractivity contribution < 1.29 is 17.9 Å². The lowest BCUT2D eigenvalue weighted by Gasteiger charge is -2.30. The number of anilines is 3. The average Bonchev–Trinajstić information content (AvgIpc) is 3.13. The summed E-state index contributed by atoms with van der Waals surface area (Å²) in [5.74, 6) is -0.106. The van der Waals surface area contributed by atoms with Crippen LogP contribution in [-0.2, 0) is 14.8 Å². The second-order valence-corrected chi connectivity index (χ2v) is 9.72. The van der Waals surface area contributed by atoms with E-state index in [1.165, 1.54) is 10.6 Å². The number of hydrogen-bond acceptors (Lipinski definition) is 9. The maximum atomic E-state index is 12.9. The molecule has 1 aromatic carbocycles. The molecule has 12 heteroatoms. The number of benzene rings is 1. The Labute approximate surface area is 181 Å². The molecule has 2 aliphatic heterocycles. The van der Waals surface area contributed by atoms with Gasteiger partial charge in [-0.05, 0) is 37.1 Å². The van der Waals surface area contributed by atoms with E-state index < -0.39 is 10.0 Å². The monoisotopic (exact) mass is 449 g/mol. The van der Waals surface area contributed by atoms with Crippen LogP contribution in [0.4, 0.5) is 17.6 Å². The molecule has 0 amide bonds. The van der Waals surface area contributed by atoms with Crippen LogP contribution in [0.25, 0.3) is 0 Å². The number of nitrogen functional groups attached to an aromatic ring is 1. The van der Waals surface area contributed by atoms with Crippen molar-refractivity contribution in [3.8, 4) is 0 Å². The number of nitrogens with two attached hydrogens (primary N) is 1. The Kier molecular flexibility index (Phi) is 6.12. The van der Waals surface area contributed by atoms with Crippen molar-refractivity contribution in [2.75, 3.05) is 61.6 Å². The number of hydrogen-bond donors (Lipinski definition) is 2. The number of carbonyl (C=O) groups is 1. The zero-order valence-corrected chi connectivity index (χ0v) is 18.2. The molecule has 3 heterocycles. The molecule has 3 N–H and O–H groups in total. The summed E-state index contributed by atoms with van der Waals surface area (Å²) in [5, 5.41) is 7.38. The van der Waals surface area contributed by atoms with Gasteiger partial charge in [-0.15, -0.1) is 5.10 Å². The van der Waals surface area contributed by atoms with Crippen molar-refractivity contribution in [3.05, 3.63) is 29.8 Å². The van der Waals surface area contributed by atoms with E-state index in [0.29, 0.717) is 44.7 Å². The van der Waals surface area contributed by atoms with Gasteiger partial charge in [0.05, 0.1) is 19.5 Å². The molecule has 11 nitrogen and oxygen atoms in total.